The zero-order valence-corrected chi connectivity index (χ0v) is 35.7. The van der Waals surface area contributed by atoms with E-state index in [9.17, 15) is 0 Å². The Hall–Kier alpha value is -2.80. The molecule has 0 aliphatic rings. The zero-order valence-electron chi connectivity index (χ0n) is 35.7. The Morgan fingerprint density at radius 2 is 1.24 bits per heavy atom. The van der Waals surface area contributed by atoms with E-state index in [-0.39, 0.29) is 0 Å². The van der Waals surface area contributed by atoms with Crippen LogP contribution in [0.5, 0.6) is 5.75 Å². The van der Waals surface area contributed by atoms with Gasteiger partial charge in [0.15, 0.2) is 0 Å². The number of ether oxygens (including phenoxy) is 1. The summed E-state index contributed by atoms with van der Waals surface area (Å²) < 4.78 is 5.13. The zero-order chi connectivity index (χ0) is 38.9. The normalized spacial score (nSPS) is 10.0. The van der Waals surface area contributed by atoms with Gasteiger partial charge in [0.05, 0.1) is 7.11 Å². The number of benzene rings is 2. The van der Waals surface area contributed by atoms with Gasteiger partial charge in [-0.1, -0.05) is 167 Å². The van der Waals surface area contributed by atoms with Crippen LogP contribution in [0.3, 0.4) is 0 Å². The first kappa shape index (κ1) is 55.6. The largest absolute Gasteiger partial charge is 0.497 e. The highest BCUT2D eigenvalue weighted by Gasteiger charge is 2.01. The summed E-state index contributed by atoms with van der Waals surface area (Å²) in [7, 11) is 1.70. The number of rotatable bonds is 15. The van der Waals surface area contributed by atoms with E-state index in [0.717, 1.165) is 18.1 Å². The molecule has 1 heteroatoms. The van der Waals surface area contributed by atoms with Gasteiger partial charge < -0.3 is 4.74 Å². The number of aryl methyl sites for hydroxylation is 3. The highest BCUT2D eigenvalue weighted by molar-refractivity contribution is 5.39. The molecule has 0 bridgehead atoms. The maximum Gasteiger partial charge on any atom is 0.119 e. The summed E-state index contributed by atoms with van der Waals surface area (Å²) in [5.41, 5.74) is 8.12. The third kappa shape index (κ3) is 43.2. The molecule has 0 aliphatic heterocycles. The summed E-state index contributed by atoms with van der Waals surface area (Å²) >= 11 is 0. The number of unbranched alkanes of at least 4 members (excludes halogenated alkanes) is 4. The minimum atomic E-state index is 0.922. The molecule has 49 heavy (non-hydrogen) atoms. The lowest BCUT2D eigenvalue weighted by atomic mass is 9.96. The van der Waals surface area contributed by atoms with E-state index in [2.05, 4.69) is 145 Å². The molecule has 1 unspecified atom stereocenters. The molecule has 2 aromatic carbocycles. The molecule has 2 rings (SSSR count). The van der Waals surface area contributed by atoms with E-state index < -0.39 is 0 Å². The average molecular weight is 679 g/mol. The van der Waals surface area contributed by atoms with Crippen LogP contribution in [0, 0.1) is 26.7 Å². The Morgan fingerprint density at radius 1 is 0.755 bits per heavy atom. The van der Waals surface area contributed by atoms with E-state index in [0.29, 0.717) is 0 Å². The molecule has 0 saturated carbocycles. The molecule has 0 fully saturated rings. The first-order valence-electron chi connectivity index (χ1n) is 19.6. The second-order valence-corrected chi connectivity index (χ2v) is 12.5. The lowest BCUT2D eigenvalue weighted by Gasteiger charge is -2.10. The van der Waals surface area contributed by atoms with Crippen molar-refractivity contribution in [2.24, 2.45) is 5.92 Å². The van der Waals surface area contributed by atoms with Crippen molar-refractivity contribution in [3.05, 3.63) is 114 Å². The van der Waals surface area contributed by atoms with E-state index in [1.165, 1.54) is 110 Å². The van der Waals surface area contributed by atoms with Crippen LogP contribution in [0.15, 0.2) is 92.1 Å². The topological polar surface area (TPSA) is 9.23 Å². The quantitative estimate of drug-likeness (QED) is 0.103. The molecule has 284 valence electrons. The van der Waals surface area contributed by atoms with Gasteiger partial charge in [0.25, 0.3) is 0 Å². The van der Waals surface area contributed by atoms with Crippen LogP contribution in [0.25, 0.3) is 0 Å². The lowest BCUT2D eigenvalue weighted by Crippen LogP contribution is -1.94. The fourth-order valence-electron chi connectivity index (χ4n) is 4.10. The summed E-state index contributed by atoms with van der Waals surface area (Å²) in [6.45, 7) is 41.4. The van der Waals surface area contributed by atoms with Crippen molar-refractivity contribution in [3.8, 4) is 5.75 Å². The van der Waals surface area contributed by atoms with Crippen molar-refractivity contribution in [1.29, 1.82) is 0 Å². The van der Waals surface area contributed by atoms with Crippen LogP contribution in [0.1, 0.15) is 169 Å². The third-order valence-electron chi connectivity index (χ3n) is 7.86. The second kappa shape index (κ2) is 45.2. The highest BCUT2D eigenvalue weighted by Crippen LogP contribution is 2.20. The Bertz CT molecular complexity index is 956. The van der Waals surface area contributed by atoms with Crippen LogP contribution in [-0.4, -0.2) is 7.11 Å². The SMILES string of the molecule is C=C.C=C(C)CCCC(C)CCCCC.C=C/C=C(\C)CC.CC.CCCC.CCCCc1ccccc1.COc1cc(C)c(C)c(C)c1. The Kier molecular flexibility index (Phi) is 51.3. The fourth-order valence-corrected chi connectivity index (χ4v) is 4.10. The van der Waals surface area contributed by atoms with Gasteiger partial charge in [-0.3, -0.25) is 0 Å². The van der Waals surface area contributed by atoms with Crippen molar-refractivity contribution in [3.63, 3.8) is 0 Å². The van der Waals surface area contributed by atoms with Gasteiger partial charge in [-0.25, -0.2) is 0 Å². The van der Waals surface area contributed by atoms with E-state index in [1.807, 2.05) is 26.0 Å². The van der Waals surface area contributed by atoms with Crippen LogP contribution in [-0.2, 0) is 6.42 Å². The molecule has 0 amide bonds. The van der Waals surface area contributed by atoms with E-state index in [4.69, 9.17) is 4.74 Å². The van der Waals surface area contributed by atoms with Gasteiger partial charge in [0.2, 0.25) is 0 Å². The molecule has 0 N–H and O–H groups in total. The Labute approximate surface area is 310 Å². The van der Waals surface area contributed by atoms with Crippen molar-refractivity contribution in [2.75, 3.05) is 7.11 Å². The first-order chi connectivity index (χ1) is 23.5. The van der Waals surface area contributed by atoms with Crippen molar-refractivity contribution in [2.45, 2.75) is 173 Å². The van der Waals surface area contributed by atoms with Crippen molar-refractivity contribution < 1.29 is 4.74 Å². The van der Waals surface area contributed by atoms with E-state index in [1.54, 1.807) is 7.11 Å². The maximum absolute atomic E-state index is 5.13. The standard InChI is InChI=1S/C13H26.C10H14O.C10H14.C7H12.C4H10.C2H6.C2H4/c1-5-6-7-10-13(4)11-8-9-12(2)3;1-7-5-10(11-4)6-8(2)9(7)3;1-2-3-7-10-8-5-4-6-9-10;1-4-6-7(3)5-2;1-3-4-2;2*1-2/h13H,2,5-11H2,1,3-4H3;5-6H,1-4H3;4-6,8-9H,2-3,7H2,1H3;4,6H,1,5H2,2-3H3;3-4H2,1-2H3;1-2H3;1-2H2/b;;;7-6+;;;. The number of hydrogen-bond acceptors (Lipinski definition) is 1. The van der Waals surface area contributed by atoms with Crippen LogP contribution in [0.4, 0.5) is 0 Å². The van der Waals surface area contributed by atoms with Gasteiger partial charge >= 0.3 is 0 Å². The average Bonchev–Trinajstić information content (AvgIpc) is 3.12. The summed E-state index contributed by atoms with van der Waals surface area (Å²) in [6, 6.07) is 14.8. The summed E-state index contributed by atoms with van der Waals surface area (Å²) in [4.78, 5) is 0. The predicted molar refractivity (Wildman–Crippen MR) is 232 cm³/mol. The van der Waals surface area contributed by atoms with Gasteiger partial charge in [0, 0.05) is 0 Å². The molecule has 0 aromatic heterocycles. The highest BCUT2D eigenvalue weighted by atomic mass is 16.5. The summed E-state index contributed by atoms with van der Waals surface area (Å²) in [5.74, 6) is 1.87. The molecule has 1 atom stereocenters. The summed E-state index contributed by atoms with van der Waals surface area (Å²) in [6.07, 6.45) is 21.0. The Morgan fingerprint density at radius 3 is 1.61 bits per heavy atom. The second-order valence-electron chi connectivity index (χ2n) is 12.5. The van der Waals surface area contributed by atoms with Crippen molar-refractivity contribution in [1.82, 2.24) is 0 Å². The molecule has 0 radical (unpaired) electrons. The lowest BCUT2D eigenvalue weighted by molar-refractivity contribution is 0.414. The number of hydrogen-bond donors (Lipinski definition) is 0. The van der Waals surface area contributed by atoms with Crippen LogP contribution in [0.2, 0.25) is 0 Å². The molecule has 0 aliphatic carbocycles. The van der Waals surface area contributed by atoms with Gasteiger partial charge in [-0.2, -0.15) is 0 Å². The van der Waals surface area contributed by atoms with Crippen LogP contribution < -0.4 is 4.74 Å². The molecule has 2 aromatic rings. The summed E-state index contributed by atoms with van der Waals surface area (Å²) in [5, 5.41) is 0. The van der Waals surface area contributed by atoms with Gasteiger partial charge in [-0.15, -0.1) is 19.7 Å². The number of methoxy groups -OCH3 is 1. The fraction of sp³-hybridized carbons (Fsp3) is 0.583. The van der Waals surface area contributed by atoms with Gasteiger partial charge in [-0.05, 0) is 107 Å². The predicted octanol–water partition coefficient (Wildman–Crippen LogP) is 16.8. The molecule has 0 heterocycles. The van der Waals surface area contributed by atoms with E-state index >= 15 is 0 Å². The maximum atomic E-state index is 5.13. The monoisotopic (exact) mass is 679 g/mol. The molecule has 0 saturated heterocycles. The third-order valence-corrected chi connectivity index (χ3v) is 7.86. The number of allylic oxidation sites excluding steroid dienone is 4. The molecular formula is C48H86O. The minimum Gasteiger partial charge on any atom is -0.497 e. The Balaban J connectivity index is -0.000000166. The molecule has 1 nitrogen and oxygen atoms in total. The smallest absolute Gasteiger partial charge is 0.119 e. The first-order valence-corrected chi connectivity index (χ1v) is 19.6. The van der Waals surface area contributed by atoms with Crippen molar-refractivity contribution >= 4 is 0 Å². The van der Waals surface area contributed by atoms with Crippen LogP contribution >= 0.6 is 0 Å². The van der Waals surface area contributed by atoms with Gasteiger partial charge in [0.1, 0.15) is 5.75 Å². The minimum absolute atomic E-state index is 0.922. The molecular weight excluding hydrogens is 593 g/mol. The molecule has 0 spiro atoms.